The third-order valence-electron chi connectivity index (χ3n) is 4.99. The summed E-state index contributed by atoms with van der Waals surface area (Å²) in [5, 5.41) is 12.1. The Bertz CT molecular complexity index is 978. The summed E-state index contributed by atoms with van der Waals surface area (Å²) in [5.74, 6) is 0.0661. The van der Waals surface area contributed by atoms with Gasteiger partial charge < -0.3 is 10.2 Å². The summed E-state index contributed by atoms with van der Waals surface area (Å²) >= 11 is 0. The van der Waals surface area contributed by atoms with Crippen molar-refractivity contribution in [1.82, 2.24) is 20.3 Å². The largest absolute Gasteiger partial charge is 0.365 e. The number of benzene rings is 2. The van der Waals surface area contributed by atoms with E-state index in [9.17, 15) is 4.79 Å². The fourth-order valence-electron chi connectivity index (χ4n) is 3.44. The van der Waals surface area contributed by atoms with Crippen molar-refractivity contribution in [3.8, 4) is 0 Å². The molecule has 0 spiro atoms. The third-order valence-corrected chi connectivity index (χ3v) is 4.99. The molecule has 0 aliphatic carbocycles. The van der Waals surface area contributed by atoms with Gasteiger partial charge in [0.15, 0.2) is 0 Å². The molecule has 3 rings (SSSR count). The molecule has 0 fully saturated rings. The second kappa shape index (κ2) is 12.3. The molecule has 1 aromatic heterocycles. The van der Waals surface area contributed by atoms with Crippen LogP contribution in [0.3, 0.4) is 0 Å². The molecule has 1 atom stereocenters. The summed E-state index contributed by atoms with van der Waals surface area (Å²) in [6.45, 7) is 1.72. The van der Waals surface area contributed by atoms with Crippen LogP contribution in [0.4, 0.5) is 5.82 Å². The number of aromatic nitrogens is 2. The zero-order valence-electron chi connectivity index (χ0n) is 18.2. The molecule has 166 valence electrons. The number of anilines is 1. The second-order valence-corrected chi connectivity index (χ2v) is 7.68. The predicted octanol–water partition coefficient (Wildman–Crippen LogP) is 3.54. The SMILES string of the molecule is CN(Cc1ccccc1)C[C@@H](CCc1ccccc1)Nc1cnc(C=CC(=O)NO)cn1. The predicted molar refractivity (Wildman–Crippen MR) is 126 cm³/mol. The highest BCUT2D eigenvalue weighted by molar-refractivity contribution is 5.90. The van der Waals surface area contributed by atoms with Gasteiger partial charge in [-0.2, -0.15) is 0 Å². The van der Waals surface area contributed by atoms with Crippen molar-refractivity contribution in [2.24, 2.45) is 0 Å². The number of carbonyl (C=O) groups excluding carboxylic acids is 1. The summed E-state index contributed by atoms with van der Waals surface area (Å²) < 4.78 is 0. The van der Waals surface area contributed by atoms with Crippen molar-refractivity contribution in [2.45, 2.75) is 25.4 Å². The number of carbonyl (C=O) groups is 1. The molecule has 0 aliphatic rings. The Kier molecular flexibility index (Phi) is 8.92. The fourth-order valence-corrected chi connectivity index (χ4v) is 3.44. The van der Waals surface area contributed by atoms with Crippen molar-refractivity contribution in [3.63, 3.8) is 0 Å². The highest BCUT2D eigenvalue weighted by Gasteiger charge is 2.13. The number of nitrogens with one attached hydrogen (secondary N) is 2. The molecular formula is C25H29N5O2. The zero-order chi connectivity index (χ0) is 22.6. The Morgan fingerprint density at radius 2 is 1.72 bits per heavy atom. The van der Waals surface area contributed by atoms with Gasteiger partial charge in [0.05, 0.1) is 18.1 Å². The van der Waals surface area contributed by atoms with Gasteiger partial charge in [-0.3, -0.25) is 15.0 Å². The summed E-state index contributed by atoms with van der Waals surface area (Å²) in [6, 6.07) is 21.1. The van der Waals surface area contributed by atoms with Crippen molar-refractivity contribution in [2.75, 3.05) is 18.9 Å². The van der Waals surface area contributed by atoms with Crippen LogP contribution in [0.15, 0.2) is 79.1 Å². The van der Waals surface area contributed by atoms with Crippen LogP contribution < -0.4 is 10.8 Å². The van der Waals surface area contributed by atoms with Crippen LogP contribution in [0.25, 0.3) is 6.08 Å². The number of nitrogens with zero attached hydrogens (tertiary/aromatic N) is 3. The number of likely N-dealkylation sites (N-methyl/N-ethyl adjacent to an activating group) is 1. The van der Waals surface area contributed by atoms with E-state index in [1.54, 1.807) is 17.9 Å². The van der Waals surface area contributed by atoms with Crippen LogP contribution in [0, 0.1) is 0 Å². The van der Waals surface area contributed by atoms with Crippen LogP contribution in [-0.4, -0.2) is 45.6 Å². The van der Waals surface area contributed by atoms with Crippen molar-refractivity contribution >= 4 is 17.8 Å². The standard InChI is InChI=1S/C25H29N5O2/c1-30(18-21-10-6-3-7-11-21)19-23(13-12-20-8-4-2-5-9-20)28-24-17-26-22(16-27-24)14-15-25(31)29-32/h2-11,14-17,23,32H,12-13,18-19H2,1H3,(H,27,28)(H,29,31)/t23-/m1/s1. The molecule has 3 N–H and O–H groups in total. The maximum atomic E-state index is 11.1. The summed E-state index contributed by atoms with van der Waals surface area (Å²) in [5.41, 5.74) is 4.66. The molecule has 0 aliphatic heterocycles. The van der Waals surface area contributed by atoms with E-state index < -0.39 is 5.91 Å². The first kappa shape index (κ1) is 23.1. The van der Waals surface area contributed by atoms with Gasteiger partial charge in [0.1, 0.15) is 5.82 Å². The van der Waals surface area contributed by atoms with Gasteiger partial charge in [0.2, 0.25) is 0 Å². The van der Waals surface area contributed by atoms with Crippen molar-refractivity contribution < 1.29 is 10.0 Å². The molecule has 0 unspecified atom stereocenters. The minimum absolute atomic E-state index is 0.180. The van der Waals surface area contributed by atoms with E-state index in [4.69, 9.17) is 5.21 Å². The monoisotopic (exact) mass is 431 g/mol. The highest BCUT2D eigenvalue weighted by atomic mass is 16.5. The number of rotatable bonds is 11. The van der Waals surface area contributed by atoms with Crippen molar-refractivity contribution in [1.29, 1.82) is 0 Å². The van der Waals surface area contributed by atoms with Crippen molar-refractivity contribution in [3.05, 3.63) is 96.0 Å². The lowest BCUT2D eigenvalue weighted by atomic mass is 10.0. The number of aryl methyl sites for hydroxylation is 1. The molecule has 7 nitrogen and oxygen atoms in total. The first-order valence-corrected chi connectivity index (χ1v) is 10.6. The molecule has 0 radical (unpaired) electrons. The smallest absolute Gasteiger partial charge is 0.267 e. The average molecular weight is 432 g/mol. The van der Waals surface area contributed by atoms with E-state index >= 15 is 0 Å². The average Bonchev–Trinajstić information content (AvgIpc) is 2.83. The molecule has 0 bridgehead atoms. The molecule has 3 aromatic rings. The van der Waals surface area contributed by atoms with E-state index in [1.165, 1.54) is 23.3 Å². The van der Waals surface area contributed by atoms with E-state index in [2.05, 4.69) is 75.8 Å². The molecule has 1 amide bonds. The van der Waals surface area contributed by atoms with Crippen LogP contribution in [0.1, 0.15) is 23.2 Å². The van der Waals surface area contributed by atoms with Crippen LogP contribution in [0.2, 0.25) is 0 Å². The molecule has 7 heteroatoms. The van der Waals surface area contributed by atoms with Gasteiger partial charge in [-0.05, 0) is 37.1 Å². The van der Waals surface area contributed by atoms with Gasteiger partial charge in [-0.15, -0.1) is 0 Å². The van der Waals surface area contributed by atoms with Crippen LogP contribution >= 0.6 is 0 Å². The quantitative estimate of drug-likeness (QED) is 0.244. The molecule has 32 heavy (non-hydrogen) atoms. The number of hydrogen-bond donors (Lipinski definition) is 3. The molecule has 1 heterocycles. The Morgan fingerprint density at radius 1 is 1.03 bits per heavy atom. The number of amides is 1. The van der Waals surface area contributed by atoms with Gasteiger partial charge in [-0.1, -0.05) is 60.7 Å². The normalized spacial score (nSPS) is 12.1. The summed E-state index contributed by atoms with van der Waals surface area (Å²) in [6.07, 6.45) is 7.83. The van der Waals surface area contributed by atoms with Gasteiger partial charge in [0, 0.05) is 25.2 Å². The Labute approximate surface area is 188 Å². The third kappa shape index (κ3) is 7.94. The molecule has 0 saturated carbocycles. The van der Waals surface area contributed by atoms with Gasteiger partial charge in [-0.25, -0.2) is 10.5 Å². The lowest BCUT2D eigenvalue weighted by molar-refractivity contribution is -0.124. The van der Waals surface area contributed by atoms with E-state index in [0.29, 0.717) is 11.5 Å². The van der Waals surface area contributed by atoms with E-state index in [0.717, 1.165) is 25.9 Å². The first-order valence-electron chi connectivity index (χ1n) is 10.6. The highest BCUT2D eigenvalue weighted by Crippen LogP contribution is 2.13. The lowest BCUT2D eigenvalue weighted by Gasteiger charge is -2.25. The van der Waals surface area contributed by atoms with E-state index in [-0.39, 0.29) is 6.04 Å². The summed E-state index contributed by atoms with van der Waals surface area (Å²) in [7, 11) is 2.12. The molecular weight excluding hydrogens is 402 g/mol. The van der Waals surface area contributed by atoms with E-state index in [1.807, 2.05) is 12.1 Å². The van der Waals surface area contributed by atoms with Crippen LogP contribution in [-0.2, 0) is 17.8 Å². The Morgan fingerprint density at radius 3 is 2.34 bits per heavy atom. The summed E-state index contributed by atoms with van der Waals surface area (Å²) in [4.78, 5) is 22.2. The second-order valence-electron chi connectivity index (χ2n) is 7.68. The number of hydrogen-bond acceptors (Lipinski definition) is 6. The number of hydroxylamine groups is 1. The Hall–Kier alpha value is -3.55. The molecule has 2 aromatic carbocycles. The van der Waals surface area contributed by atoms with Gasteiger partial charge >= 0.3 is 0 Å². The minimum atomic E-state index is -0.614. The zero-order valence-corrected chi connectivity index (χ0v) is 18.2. The first-order chi connectivity index (χ1) is 15.6. The minimum Gasteiger partial charge on any atom is -0.365 e. The fraction of sp³-hybridized carbons (Fsp3) is 0.240. The topological polar surface area (TPSA) is 90.4 Å². The Balaban J connectivity index is 1.64. The molecule has 0 saturated heterocycles. The van der Waals surface area contributed by atoms with Gasteiger partial charge in [0.25, 0.3) is 5.91 Å². The maximum Gasteiger partial charge on any atom is 0.267 e. The van der Waals surface area contributed by atoms with Crippen LogP contribution in [0.5, 0.6) is 0 Å². The lowest BCUT2D eigenvalue weighted by Crippen LogP contribution is -2.35. The maximum absolute atomic E-state index is 11.1.